The average Bonchev–Trinajstić information content (AvgIpc) is 2.61. The van der Waals surface area contributed by atoms with Gasteiger partial charge in [-0.2, -0.15) is 11.8 Å². The Labute approximate surface area is 97.6 Å². The first-order valence-electron chi connectivity index (χ1n) is 5.39. The summed E-state index contributed by atoms with van der Waals surface area (Å²) < 4.78 is 0. The molecule has 0 aromatic carbocycles. The Morgan fingerprint density at radius 2 is 2.36 bits per heavy atom. The smallest absolute Gasteiger partial charge is 0.0193 e. The summed E-state index contributed by atoms with van der Waals surface area (Å²) in [6.45, 7) is 7.30. The average molecular weight is 237 g/mol. The highest BCUT2D eigenvalue weighted by Crippen LogP contribution is 2.24. The van der Waals surface area contributed by atoms with E-state index in [0.717, 1.165) is 12.0 Å². The van der Waals surface area contributed by atoms with Gasteiger partial charge in [0.25, 0.3) is 0 Å². The van der Waals surface area contributed by atoms with Crippen molar-refractivity contribution in [3.63, 3.8) is 0 Å². The summed E-state index contributed by atoms with van der Waals surface area (Å²) in [4.78, 5) is 2.66. The van der Waals surface area contributed by atoms with Gasteiger partial charge in [-0.3, -0.25) is 4.90 Å². The molecule has 4 heteroatoms. The summed E-state index contributed by atoms with van der Waals surface area (Å²) in [7, 11) is 0. The minimum atomic E-state index is 0. The van der Waals surface area contributed by atoms with E-state index in [4.69, 9.17) is 0 Å². The third-order valence-electron chi connectivity index (χ3n) is 3.16. The van der Waals surface area contributed by atoms with Crippen molar-refractivity contribution in [3.05, 3.63) is 0 Å². The van der Waals surface area contributed by atoms with Gasteiger partial charge in [0.2, 0.25) is 0 Å². The number of halogens is 1. The molecule has 14 heavy (non-hydrogen) atoms. The van der Waals surface area contributed by atoms with E-state index >= 15 is 0 Å². The van der Waals surface area contributed by atoms with E-state index in [-0.39, 0.29) is 12.4 Å². The molecule has 2 atom stereocenters. The number of thioether (sulfide) groups is 1. The Hall–Kier alpha value is 0.560. The topological polar surface area (TPSA) is 15.3 Å². The van der Waals surface area contributed by atoms with Gasteiger partial charge in [-0.15, -0.1) is 12.4 Å². The predicted octanol–water partition coefficient (Wildman–Crippen LogP) is 1.46. The van der Waals surface area contributed by atoms with Crippen LogP contribution in [0.1, 0.15) is 13.3 Å². The van der Waals surface area contributed by atoms with Crippen molar-refractivity contribution in [2.75, 3.05) is 37.7 Å². The fourth-order valence-corrected chi connectivity index (χ4v) is 3.49. The van der Waals surface area contributed by atoms with Crippen LogP contribution in [0.2, 0.25) is 0 Å². The zero-order valence-electron chi connectivity index (χ0n) is 8.87. The van der Waals surface area contributed by atoms with Crippen LogP contribution < -0.4 is 5.32 Å². The van der Waals surface area contributed by atoms with Crippen LogP contribution in [-0.2, 0) is 0 Å². The fourth-order valence-electron chi connectivity index (χ4n) is 2.21. The Morgan fingerprint density at radius 1 is 1.50 bits per heavy atom. The van der Waals surface area contributed by atoms with Crippen LogP contribution in [0.5, 0.6) is 0 Å². The highest BCUT2D eigenvalue weighted by atomic mass is 35.5. The number of nitrogens with zero attached hydrogens (tertiary/aromatic N) is 1. The van der Waals surface area contributed by atoms with Crippen molar-refractivity contribution in [3.8, 4) is 0 Å². The molecule has 84 valence electrons. The lowest BCUT2D eigenvalue weighted by atomic mass is 10.1. The summed E-state index contributed by atoms with van der Waals surface area (Å²) in [6.07, 6.45) is 1.45. The molecule has 0 radical (unpaired) electrons. The number of rotatable bonds is 2. The van der Waals surface area contributed by atoms with Crippen LogP contribution in [0.4, 0.5) is 0 Å². The number of piperazine rings is 1. The second-order valence-electron chi connectivity index (χ2n) is 4.28. The van der Waals surface area contributed by atoms with Crippen molar-refractivity contribution in [2.24, 2.45) is 5.92 Å². The molecule has 2 nitrogen and oxygen atoms in total. The third kappa shape index (κ3) is 3.30. The standard InChI is InChI=1S/C10H20N2S.ClH/c1-9-6-11-3-4-12(9)7-10-2-5-13-8-10;/h9-11H,2-8H2,1H3;1H. The molecule has 2 unspecified atom stereocenters. The van der Waals surface area contributed by atoms with Crippen LogP contribution in [0.15, 0.2) is 0 Å². The second kappa shape index (κ2) is 6.21. The van der Waals surface area contributed by atoms with Crippen molar-refractivity contribution in [1.82, 2.24) is 10.2 Å². The molecular formula is C10H21ClN2S. The van der Waals surface area contributed by atoms with Gasteiger partial charge >= 0.3 is 0 Å². The molecule has 0 amide bonds. The van der Waals surface area contributed by atoms with Crippen LogP contribution in [0.25, 0.3) is 0 Å². The maximum absolute atomic E-state index is 3.44. The van der Waals surface area contributed by atoms with Gasteiger partial charge in [-0.25, -0.2) is 0 Å². The quantitative estimate of drug-likeness (QED) is 0.782. The maximum Gasteiger partial charge on any atom is 0.0193 e. The molecule has 2 aliphatic rings. The zero-order chi connectivity index (χ0) is 9.10. The third-order valence-corrected chi connectivity index (χ3v) is 4.39. The Bertz CT molecular complexity index is 162. The lowest BCUT2D eigenvalue weighted by Gasteiger charge is -2.35. The molecule has 0 aromatic heterocycles. The first-order chi connectivity index (χ1) is 6.36. The normalized spacial score (nSPS) is 34.1. The van der Waals surface area contributed by atoms with Gasteiger partial charge < -0.3 is 5.32 Å². The fraction of sp³-hybridized carbons (Fsp3) is 1.00. The van der Waals surface area contributed by atoms with Crippen molar-refractivity contribution in [1.29, 1.82) is 0 Å². The minimum Gasteiger partial charge on any atom is -0.314 e. The molecule has 2 saturated heterocycles. The molecule has 2 fully saturated rings. The molecule has 1 N–H and O–H groups in total. The van der Waals surface area contributed by atoms with E-state index in [9.17, 15) is 0 Å². The Kier molecular flexibility index (Phi) is 5.60. The van der Waals surface area contributed by atoms with Crippen LogP contribution in [0, 0.1) is 5.92 Å². The molecule has 2 heterocycles. The van der Waals surface area contributed by atoms with Gasteiger partial charge in [0, 0.05) is 32.2 Å². The van der Waals surface area contributed by atoms with E-state index in [1.165, 1.54) is 44.1 Å². The van der Waals surface area contributed by atoms with Gasteiger partial charge in [0.15, 0.2) is 0 Å². The van der Waals surface area contributed by atoms with Crippen molar-refractivity contribution >= 4 is 24.2 Å². The van der Waals surface area contributed by atoms with E-state index in [0.29, 0.717) is 0 Å². The summed E-state index contributed by atoms with van der Waals surface area (Å²) in [5, 5.41) is 3.44. The zero-order valence-corrected chi connectivity index (χ0v) is 10.5. The number of hydrogen-bond donors (Lipinski definition) is 1. The molecule has 0 aliphatic carbocycles. The molecular weight excluding hydrogens is 216 g/mol. The van der Waals surface area contributed by atoms with E-state index in [1.807, 2.05) is 0 Å². The lowest BCUT2D eigenvalue weighted by Crippen LogP contribution is -2.51. The number of hydrogen-bond acceptors (Lipinski definition) is 3. The maximum atomic E-state index is 3.44. The lowest BCUT2D eigenvalue weighted by molar-refractivity contribution is 0.153. The molecule has 0 saturated carbocycles. The molecule has 0 spiro atoms. The monoisotopic (exact) mass is 236 g/mol. The minimum absolute atomic E-state index is 0. The molecule has 2 rings (SSSR count). The first-order valence-corrected chi connectivity index (χ1v) is 6.54. The largest absolute Gasteiger partial charge is 0.314 e. The van der Waals surface area contributed by atoms with Gasteiger partial charge in [0.1, 0.15) is 0 Å². The molecule has 0 aromatic rings. The summed E-state index contributed by atoms with van der Waals surface area (Å²) in [5.41, 5.74) is 0. The van der Waals surface area contributed by atoms with Crippen LogP contribution >= 0.6 is 24.2 Å². The van der Waals surface area contributed by atoms with Crippen molar-refractivity contribution in [2.45, 2.75) is 19.4 Å². The summed E-state index contributed by atoms with van der Waals surface area (Å²) in [5.74, 6) is 3.77. The van der Waals surface area contributed by atoms with Crippen LogP contribution in [-0.4, -0.2) is 48.6 Å². The Morgan fingerprint density at radius 3 is 3.00 bits per heavy atom. The summed E-state index contributed by atoms with van der Waals surface area (Å²) >= 11 is 2.13. The number of nitrogens with one attached hydrogen (secondary N) is 1. The second-order valence-corrected chi connectivity index (χ2v) is 5.43. The van der Waals surface area contributed by atoms with Gasteiger partial charge in [-0.05, 0) is 30.8 Å². The molecule has 0 bridgehead atoms. The predicted molar refractivity (Wildman–Crippen MR) is 66.6 cm³/mol. The molecule has 2 aliphatic heterocycles. The van der Waals surface area contributed by atoms with Gasteiger partial charge in [-0.1, -0.05) is 0 Å². The highest BCUT2D eigenvalue weighted by Gasteiger charge is 2.23. The van der Waals surface area contributed by atoms with Crippen LogP contribution in [0.3, 0.4) is 0 Å². The Balaban J connectivity index is 0.000000980. The SMILES string of the molecule is CC1CNCCN1CC1CCSC1.Cl. The summed E-state index contributed by atoms with van der Waals surface area (Å²) in [6, 6.07) is 0.749. The first kappa shape index (κ1) is 12.6. The van der Waals surface area contributed by atoms with E-state index in [1.54, 1.807) is 0 Å². The van der Waals surface area contributed by atoms with E-state index in [2.05, 4.69) is 28.9 Å². The highest BCUT2D eigenvalue weighted by molar-refractivity contribution is 7.99. The van der Waals surface area contributed by atoms with E-state index < -0.39 is 0 Å². The van der Waals surface area contributed by atoms with Gasteiger partial charge in [0.05, 0.1) is 0 Å². The van der Waals surface area contributed by atoms with Crippen molar-refractivity contribution < 1.29 is 0 Å².